The molecule has 166 valence electrons. The van der Waals surface area contributed by atoms with Gasteiger partial charge in [0, 0.05) is 44.6 Å². The highest BCUT2D eigenvalue weighted by molar-refractivity contribution is 5.99. The van der Waals surface area contributed by atoms with Crippen molar-refractivity contribution < 1.29 is 9.59 Å². The van der Waals surface area contributed by atoms with Crippen LogP contribution >= 0.6 is 0 Å². The molecule has 3 heterocycles. The summed E-state index contributed by atoms with van der Waals surface area (Å²) >= 11 is 0. The van der Waals surface area contributed by atoms with Gasteiger partial charge in [0.05, 0.1) is 0 Å². The second-order valence-electron chi connectivity index (χ2n) is 9.27. The van der Waals surface area contributed by atoms with Crippen LogP contribution in [-0.4, -0.2) is 51.9 Å². The Hall–Kier alpha value is -2.11. The molecule has 0 saturated carbocycles. The second kappa shape index (κ2) is 10.3. The van der Waals surface area contributed by atoms with Gasteiger partial charge >= 0.3 is 0 Å². The third-order valence-electron chi connectivity index (χ3n) is 6.37. The Kier molecular flexibility index (Phi) is 7.73. The van der Waals surface area contributed by atoms with E-state index in [4.69, 9.17) is 0 Å². The maximum Gasteiger partial charge on any atom is 0.259 e. The van der Waals surface area contributed by atoms with E-state index >= 15 is 0 Å². The molecule has 1 aromatic heterocycles. The van der Waals surface area contributed by atoms with Crippen molar-refractivity contribution in [2.75, 3.05) is 19.6 Å². The molecule has 0 aromatic carbocycles. The number of pyridine rings is 1. The molecule has 1 atom stereocenters. The Labute approximate surface area is 180 Å². The van der Waals surface area contributed by atoms with Gasteiger partial charge in [0.2, 0.25) is 5.43 Å². The lowest BCUT2D eigenvalue weighted by molar-refractivity contribution is 0.0605. The van der Waals surface area contributed by atoms with Crippen molar-refractivity contribution in [1.29, 1.82) is 0 Å². The molecule has 1 aromatic rings. The molecule has 2 aliphatic rings. The van der Waals surface area contributed by atoms with Gasteiger partial charge in [-0.05, 0) is 44.4 Å². The van der Waals surface area contributed by atoms with Gasteiger partial charge in [-0.15, -0.1) is 0 Å². The van der Waals surface area contributed by atoms with Crippen LogP contribution in [0.1, 0.15) is 92.9 Å². The topological polar surface area (TPSA) is 62.6 Å². The monoisotopic (exact) mass is 415 g/mol. The van der Waals surface area contributed by atoms with Crippen LogP contribution in [0, 0.1) is 5.92 Å². The molecule has 0 radical (unpaired) electrons. The molecule has 6 nitrogen and oxygen atoms in total. The minimum absolute atomic E-state index is 0.147. The Balaban J connectivity index is 1.99. The molecule has 1 unspecified atom stereocenters. The van der Waals surface area contributed by atoms with Gasteiger partial charge in [0.1, 0.15) is 11.1 Å². The van der Waals surface area contributed by atoms with E-state index < -0.39 is 5.43 Å². The van der Waals surface area contributed by atoms with Crippen molar-refractivity contribution in [2.24, 2.45) is 5.92 Å². The first kappa shape index (κ1) is 22.6. The molecule has 0 spiro atoms. The fourth-order valence-electron chi connectivity index (χ4n) is 4.75. The molecule has 30 heavy (non-hydrogen) atoms. The normalized spacial score (nSPS) is 20.3. The van der Waals surface area contributed by atoms with Gasteiger partial charge < -0.3 is 14.4 Å². The van der Waals surface area contributed by atoms with Crippen LogP contribution in [0.15, 0.2) is 17.2 Å². The lowest BCUT2D eigenvalue weighted by Crippen LogP contribution is -2.46. The van der Waals surface area contributed by atoms with Crippen LogP contribution in [0.25, 0.3) is 0 Å². The van der Waals surface area contributed by atoms with Crippen LogP contribution in [0.3, 0.4) is 0 Å². The quantitative estimate of drug-likeness (QED) is 0.732. The molecule has 0 aliphatic carbocycles. The number of hydrogen-bond donors (Lipinski definition) is 0. The van der Waals surface area contributed by atoms with Gasteiger partial charge in [-0.25, -0.2) is 0 Å². The standard InChI is InChI=1S/C24H37N3O3/c1-4-19-11-7-10-14-27(19)24(30)21-17-25(15-18(2)3)16-20(22(21)28)23(29)26-12-8-5-6-9-13-26/h16-19H,4-15H2,1-3H3. The molecular weight excluding hydrogens is 378 g/mol. The lowest BCUT2D eigenvalue weighted by Gasteiger charge is -2.35. The Morgan fingerprint density at radius 1 is 0.933 bits per heavy atom. The summed E-state index contributed by atoms with van der Waals surface area (Å²) in [5, 5.41) is 0. The van der Waals surface area contributed by atoms with Gasteiger partial charge in [-0.1, -0.05) is 33.6 Å². The third kappa shape index (κ3) is 5.13. The smallest absolute Gasteiger partial charge is 0.259 e. The first-order chi connectivity index (χ1) is 14.4. The highest BCUT2D eigenvalue weighted by Crippen LogP contribution is 2.21. The number of amides is 2. The summed E-state index contributed by atoms with van der Waals surface area (Å²) in [5.74, 6) is -0.0933. The number of nitrogens with zero attached hydrogens (tertiary/aromatic N) is 3. The van der Waals surface area contributed by atoms with E-state index in [0.717, 1.165) is 51.4 Å². The molecule has 6 heteroatoms. The molecule has 3 rings (SSSR count). The minimum Gasteiger partial charge on any atom is -0.352 e. The molecular formula is C24H37N3O3. The van der Waals surface area contributed by atoms with E-state index in [1.807, 2.05) is 9.47 Å². The van der Waals surface area contributed by atoms with Crippen LogP contribution in [0.5, 0.6) is 0 Å². The van der Waals surface area contributed by atoms with E-state index in [-0.39, 0.29) is 29.0 Å². The number of rotatable bonds is 5. The SMILES string of the molecule is CCC1CCCCN1C(=O)c1cn(CC(C)C)cc(C(=O)N2CCCCCC2)c1=O. The van der Waals surface area contributed by atoms with Gasteiger partial charge in [-0.3, -0.25) is 14.4 Å². The zero-order valence-corrected chi connectivity index (χ0v) is 18.9. The number of likely N-dealkylation sites (tertiary alicyclic amines) is 2. The first-order valence-electron chi connectivity index (χ1n) is 11.8. The van der Waals surface area contributed by atoms with Crippen LogP contribution < -0.4 is 5.43 Å². The van der Waals surface area contributed by atoms with Gasteiger partial charge in [0.25, 0.3) is 11.8 Å². The maximum absolute atomic E-state index is 13.4. The van der Waals surface area contributed by atoms with E-state index in [1.165, 1.54) is 0 Å². The Morgan fingerprint density at radius 3 is 2.13 bits per heavy atom. The summed E-state index contributed by atoms with van der Waals surface area (Å²) in [6.45, 7) is 8.99. The van der Waals surface area contributed by atoms with Crippen LogP contribution in [-0.2, 0) is 6.54 Å². The molecule has 0 N–H and O–H groups in total. The number of hydrogen-bond acceptors (Lipinski definition) is 3. The third-order valence-corrected chi connectivity index (χ3v) is 6.37. The highest BCUT2D eigenvalue weighted by Gasteiger charge is 2.30. The summed E-state index contributed by atoms with van der Waals surface area (Å²) in [6.07, 6.45) is 11.5. The number of aromatic nitrogens is 1. The highest BCUT2D eigenvalue weighted by atomic mass is 16.2. The van der Waals surface area contributed by atoms with Crippen molar-refractivity contribution in [3.63, 3.8) is 0 Å². The number of carbonyl (C=O) groups excluding carboxylic acids is 2. The average molecular weight is 416 g/mol. The fourth-order valence-corrected chi connectivity index (χ4v) is 4.75. The van der Waals surface area contributed by atoms with Crippen LogP contribution in [0.4, 0.5) is 0 Å². The maximum atomic E-state index is 13.4. The predicted molar refractivity (Wildman–Crippen MR) is 119 cm³/mol. The molecule has 2 aliphatic heterocycles. The lowest BCUT2D eigenvalue weighted by atomic mass is 9.98. The molecule has 2 amide bonds. The van der Waals surface area contributed by atoms with E-state index in [1.54, 1.807) is 17.3 Å². The largest absolute Gasteiger partial charge is 0.352 e. The Morgan fingerprint density at radius 2 is 1.53 bits per heavy atom. The summed E-state index contributed by atoms with van der Waals surface area (Å²) in [4.78, 5) is 43.7. The first-order valence-corrected chi connectivity index (χ1v) is 11.8. The van der Waals surface area contributed by atoms with Gasteiger partial charge in [-0.2, -0.15) is 0 Å². The summed E-state index contributed by atoms with van der Waals surface area (Å²) < 4.78 is 1.87. The minimum atomic E-state index is -0.408. The van der Waals surface area contributed by atoms with Crippen molar-refractivity contribution in [1.82, 2.24) is 14.4 Å². The second-order valence-corrected chi connectivity index (χ2v) is 9.27. The number of piperidine rings is 1. The van der Waals surface area contributed by atoms with E-state index in [9.17, 15) is 14.4 Å². The predicted octanol–water partition coefficient (Wildman–Crippen LogP) is 3.93. The van der Waals surface area contributed by atoms with Crippen molar-refractivity contribution in [3.05, 3.63) is 33.7 Å². The number of carbonyl (C=O) groups is 2. The zero-order valence-electron chi connectivity index (χ0n) is 18.9. The summed E-state index contributed by atoms with van der Waals surface area (Å²) in [5.41, 5.74) is -0.111. The van der Waals surface area contributed by atoms with Crippen molar-refractivity contribution in [3.8, 4) is 0 Å². The van der Waals surface area contributed by atoms with E-state index in [2.05, 4.69) is 20.8 Å². The fraction of sp³-hybridized carbons (Fsp3) is 0.708. The van der Waals surface area contributed by atoms with Crippen molar-refractivity contribution >= 4 is 11.8 Å². The van der Waals surface area contributed by atoms with Gasteiger partial charge in [0.15, 0.2) is 0 Å². The molecule has 0 bridgehead atoms. The summed E-state index contributed by atoms with van der Waals surface area (Å²) in [6, 6.07) is 0.175. The Bertz CT molecular complexity index is 806. The molecule has 2 fully saturated rings. The van der Waals surface area contributed by atoms with Crippen LogP contribution in [0.2, 0.25) is 0 Å². The molecule has 2 saturated heterocycles. The summed E-state index contributed by atoms with van der Waals surface area (Å²) in [7, 11) is 0. The average Bonchev–Trinajstić information content (AvgIpc) is 3.03. The zero-order chi connectivity index (χ0) is 21.7. The van der Waals surface area contributed by atoms with E-state index in [0.29, 0.717) is 32.1 Å². The van der Waals surface area contributed by atoms with Crippen molar-refractivity contribution in [2.45, 2.75) is 84.7 Å².